The van der Waals surface area contributed by atoms with E-state index in [0.717, 1.165) is 54.4 Å². The molecular formula is C22H26N2O3S. The molecule has 2 fully saturated rings. The molecule has 1 atom stereocenters. The zero-order chi connectivity index (χ0) is 19.3. The van der Waals surface area contributed by atoms with Gasteiger partial charge in [0.2, 0.25) is 0 Å². The number of phenolic OH excluding ortho intramolecular Hbond substituents is 1. The molecule has 148 valence electrons. The number of piperazine rings is 1. The van der Waals surface area contributed by atoms with E-state index in [1.165, 1.54) is 0 Å². The summed E-state index contributed by atoms with van der Waals surface area (Å²) in [6.07, 6.45) is 2.56. The first kappa shape index (κ1) is 19.2. The van der Waals surface area contributed by atoms with Crippen molar-refractivity contribution in [1.82, 2.24) is 4.90 Å². The van der Waals surface area contributed by atoms with E-state index in [-0.39, 0.29) is 11.7 Å². The maximum Gasteiger partial charge on any atom is 0.255 e. The lowest BCUT2D eigenvalue weighted by molar-refractivity contribution is 0.0743. The lowest BCUT2D eigenvalue weighted by atomic mass is 10.1. The molecule has 0 spiro atoms. The second-order valence-electron chi connectivity index (χ2n) is 7.24. The number of amides is 1. The Balaban J connectivity index is 1.37. The van der Waals surface area contributed by atoms with Crippen LogP contribution in [0.5, 0.6) is 5.75 Å². The molecule has 0 aliphatic carbocycles. The van der Waals surface area contributed by atoms with Crippen LogP contribution in [0.4, 0.5) is 5.69 Å². The van der Waals surface area contributed by atoms with Crippen LogP contribution in [0.2, 0.25) is 0 Å². The molecule has 2 aliphatic rings. The number of hydrogen-bond donors (Lipinski definition) is 1. The fraction of sp³-hybridized carbons (Fsp3) is 0.409. The Bertz CT molecular complexity index is 798. The van der Waals surface area contributed by atoms with Crippen LogP contribution in [-0.2, 0) is 4.74 Å². The second-order valence-corrected chi connectivity index (χ2v) is 8.30. The lowest BCUT2D eigenvalue weighted by Crippen LogP contribution is -2.48. The predicted octanol–water partition coefficient (Wildman–Crippen LogP) is 3.63. The van der Waals surface area contributed by atoms with Crippen molar-refractivity contribution >= 4 is 23.4 Å². The van der Waals surface area contributed by atoms with Crippen molar-refractivity contribution in [2.75, 3.05) is 43.4 Å². The molecule has 4 rings (SSSR count). The lowest BCUT2D eigenvalue weighted by Gasteiger charge is -2.36. The van der Waals surface area contributed by atoms with Gasteiger partial charge < -0.3 is 19.6 Å². The number of carbonyl (C=O) groups is 1. The highest BCUT2D eigenvalue weighted by Gasteiger charge is 2.24. The van der Waals surface area contributed by atoms with E-state index in [4.69, 9.17) is 4.74 Å². The van der Waals surface area contributed by atoms with E-state index in [0.29, 0.717) is 19.2 Å². The minimum Gasteiger partial charge on any atom is -0.508 e. The summed E-state index contributed by atoms with van der Waals surface area (Å²) in [5.41, 5.74) is 1.88. The van der Waals surface area contributed by atoms with Crippen molar-refractivity contribution in [2.24, 2.45) is 0 Å². The van der Waals surface area contributed by atoms with Gasteiger partial charge >= 0.3 is 0 Å². The number of anilines is 1. The zero-order valence-electron chi connectivity index (χ0n) is 15.9. The van der Waals surface area contributed by atoms with Gasteiger partial charge in [0.1, 0.15) is 5.75 Å². The van der Waals surface area contributed by atoms with Crippen LogP contribution in [0.15, 0.2) is 53.4 Å². The molecule has 2 aliphatic heterocycles. The Labute approximate surface area is 170 Å². The monoisotopic (exact) mass is 398 g/mol. The molecule has 2 aromatic rings. The Morgan fingerprint density at radius 2 is 1.82 bits per heavy atom. The number of rotatable bonds is 5. The molecule has 0 radical (unpaired) electrons. The molecule has 0 bridgehead atoms. The molecule has 0 unspecified atom stereocenters. The summed E-state index contributed by atoms with van der Waals surface area (Å²) in [4.78, 5) is 18.4. The molecule has 2 heterocycles. The van der Waals surface area contributed by atoms with Gasteiger partial charge in [0.15, 0.2) is 0 Å². The average molecular weight is 399 g/mol. The Kier molecular flexibility index (Phi) is 6.07. The average Bonchev–Trinajstić information content (AvgIpc) is 3.26. The number of hydrogen-bond acceptors (Lipinski definition) is 5. The summed E-state index contributed by atoms with van der Waals surface area (Å²) in [6.45, 7) is 3.84. The summed E-state index contributed by atoms with van der Waals surface area (Å²) >= 11 is 1.73. The van der Waals surface area contributed by atoms with Gasteiger partial charge in [0.25, 0.3) is 5.91 Å². The largest absolute Gasteiger partial charge is 0.508 e. The summed E-state index contributed by atoms with van der Waals surface area (Å²) in [5, 5.41) is 9.45. The van der Waals surface area contributed by atoms with Crippen LogP contribution in [0.25, 0.3) is 0 Å². The van der Waals surface area contributed by atoms with Gasteiger partial charge in [-0.25, -0.2) is 0 Å². The molecule has 28 heavy (non-hydrogen) atoms. The fourth-order valence-corrected chi connectivity index (χ4v) is 4.84. The van der Waals surface area contributed by atoms with E-state index >= 15 is 0 Å². The molecule has 2 saturated heterocycles. The van der Waals surface area contributed by atoms with Crippen molar-refractivity contribution in [3.05, 3.63) is 54.1 Å². The third-order valence-electron chi connectivity index (χ3n) is 5.35. The first-order chi connectivity index (χ1) is 13.7. The molecular weight excluding hydrogens is 372 g/mol. The Morgan fingerprint density at radius 1 is 1.07 bits per heavy atom. The van der Waals surface area contributed by atoms with E-state index < -0.39 is 0 Å². The second kappa shape index (κ2) is 8.88. The van der Waals surface area contributed by atoms with Crippen LogP contribution in [0, 0.1) is 0 Å². The summed E-state index contributed by atoms with van der Waals surface area (Å²) in [7, 11) is 0. The van der Waals surface area contributed by atoms with Crippen molar-refractivity contribution < 1.29 is 14.6 Å². The van der Waals surface area contributed by atoms with E-state index in [9.17, 15) is 9.90 Å². The van der Waals surface area contributed by atoms with Gasteiger partial charge in [-0.3, -0.25) is 4.79 Å². The summed E-state index contributed by atoms with van der Waals surface area (Å²) in [5.74, 6) is 1.29. The minimum absolute atomic E-state index is 0.112. The molecule has 0 saturated carbocycles. The number of phenols is 1. The molecule has 1 amide bonds. The van der Waals surface area contributed by atoms with Crippen LogP contribution in [-0.4, -0.2) is 60.6 Å². The van der Waals surface area contributed by atoms with Crippen LogP contribution < -0.4 is 4.90 Å². The van der Waals surface area contributed by atoms with Crippen LogP contribution in [0.3, 0.4) is 0 Å². The minimum atomic E-state index is 0.112. The van der Waals surface area contributed by atoms with Crippen molar-refractivity contribution in [2.45, 2.75) is 23.8 Å². The highest BCUT2D eigenvalue weighted by molar-refractivity contribution is 7.99. The highest BCUT2D eigenvalue weighted by Crippen LogP contribution is 2.28. The third-order valence-corrected chi connectivity index (χ3v) is 6.55. The van der Waals surface area contributed by atoms with E-state index in [2.05, 4.69) is 4.90 Å². The standard InChI is InChI=1S/C22H26N2O3S/c25-18-9-7-17(8-10-18)23-11-13-24(14-12-23)22(26)20-5-1-2-6-21(20)28-16-19-4-3-15-27-19/h1-2,5-10,19,25H,3-4,11-16H2/t19-/m0/s1. The van der Waals surface area contributed by atoms with Crippen molar-refractivity contribution in [3.63, 3.8) is 0 Å². The molecule has 1 N–H and O–H groups in total. The van der Waals surface area contributed by atoms with E-state index in [1.54, 1.807) is 23.9 Å². The highest BCUT2D eigenvalue weighted by atomic mass is 32.2. The van der Waals surface area contributed by atoms with Crippen LogP contribution in [0.1, 0.15) is 23.2 Å². The number of carbonyl (C=O) groups excluding carboxylic acids is 1. The number of nitrogens with zero attached hydrogens (tertiary/aromatic N) is 2. The van der Waals surface area contributed by atoms with Crippen LogP contribution >= 0.6 is 11.8 Å². The summed E-state index contributed by atoms with van der Waals surface area (Å²) in [6, 6.07) is 15.2. The Morgan fingerprint density at radius 3 is 2.54 bits per heavy atom. The predicted molar refractivity (Wildman–Crippen MR) is 112 cm³/mol. The van der Waals surface area contributed by atoms with Crippen molar-refractivity contribution in [1.29, 1.82) is 0 Å². The number of benzene rings is 2. The molecule has 0 aromatic heterocycles. The number of thioether (sulfide) groups is 1. The normalized spacial score (nSPS) is 19.8. The maximum atomic E-state index is 13.1. The quantitative estimate of drug-likeness (QED) is 0.780. The number of ether oxygens (including phenoxy) is 1. The van der Waals surface area contributed by atoms with E-state index in [1.807, 2.05) is 41.3 Å². The molecule has 6 heteroatoms. The van der Waals surface area contributed by atoms with Gasteiger partial charge in [0, 0.05) is 49.1 Å². The van der Waals surface area contributed by atoms with Gasteiger partial charge in [-0.05, 0) is 49.2 Å². The molecule has 2 aromatic carbocycles. The smallest absolute Gasteiger partial charge is 0.255 e. The number of aromatic hydroxyl groups is 1. The van der Waals surface area contributed by atoms with Gasteiger partial charge in [0.05, 0.1) is 11.7 Å². The SMILES string of the molecule is O=C(c1ccccc1SC[C@@H]1CCCO1)N1CCN(c2ccc(O)cc2)CC1. The topological polar surface area (TPSA) is 53.0 Å². The summed E-state index contributed by atoms with van der Waals surface area (Å²) < 4.78 is 5.72. The molecule has 5 nitrogen and oxygen atoms in total. The van der Waals surface area contributed by atoms with Crippen molar-refractivity contribution in [3.8, 4) is 5.75 Å². The van der Waals surface area contributed by atoms with Gasteiger partial charge in [-0.1, -0.05) is 12.1 Å². The first-order valence-corrected chi connectivity index (χ1v) is 10.9. The fourth-order valence-electron chi connectivity index (χ4n) is 3.73. The van der Waals surface area contributed by atoms with Gasteiger partial charge in [-0.15, -0.1) is 11.8 Å². The maximum absolute atomic E-state index is 13.1. The third kappa shape index (κ3) is 4.45. The Hall–Kier alpha value is -2.18. The first-order valence-electron chi connectivity index (χ1n) is 9.87. The van der Waals surface area contributed by atoms with Gasteiger partial charge in [-0.2, -0.15) is 0 Å². The zero-order valence-corrected chi connectivity index (χ0v) is 16.7.